The van der Waals surface area contributed by atoms with E-state index in [0.717, 1.165) is 30.9 Å². The van der Waals surface area contributed by atoms with Crippen LogP contribution >= 0.6 is 0 Å². The number of carbonyl (C=O) groups is 2. The Balaban J connectivity index is 1.62. The number of likely N-dealkylation sites (tertiary alicyclic amines) is 1. The van der Waals surface area contributed by atoms with Gasteiger partial charge in [-0.3, -0.25) is 9.69 Å². The Morgan fingerprint density at radius 1 is 1.08 bits per heavy atom. The van der Waals surface area contributed by atoms with Crippen LogP contribution in [0.25, 0.3) is 0 Å². The molecule has 1 saturated heterocycles. The summed E-state index contributed by atoms with van der Waals surface area (Å²) in [7, 11) is 0. The van der Waals surface area contributed by atoms with Crippen molar-refractivity contribution in [2.45, 2.75) is 52.1 Å². The zero-order valence-electron chi connectivity index (χ0n) is 15.8. The summed E-state index contributed by atoms with van der Waals surface area (Å²) in [4.78, 5) is 24.9. The van der Waals surface area contributed by atoms with E-state index in [1.807, 2.05) is 0 Å². The third kappa shape index (κ3) is 7.87. The van der Waals surface area contributed by atoms with Gasteiger partial charge < -0.3 is 16.4 Å². The molecule has 0 unspecified atom stereocenters. The van der Waals surface area contributed by atoms with Gasteiger partial charge in [0.25, 0.3) is 0 Å². The van der Waals surface area contributed by atoms with E-state index in [0.29, 0.717) is 19.5 Å². The molecule has 2 rings (SSSR count). The largest absolute Gasteiger partial charge is 0.352 e. The first-order chi connectivity index (χ1) is 12.5. The number of carbonyl (C=O) groups excluding carboxylic acids is 2. The van der Waals surface area contributed by atoms with Gasteiger partial charge >= 0.3 is 6.03 Å². The second-order valence-electron chi connectivity index (χ2n) is 7.30. The summed E-state index contributed by atoms with van der Waals surface area (Å²) in [6.45, 7) is 6.79. The summed E-state index contributed by atoms with van der Waals surface area (Å²) < 4.78 is 0. The third-order valence-electron chi connectivity index (χ3n) is 4.92. The molecule has 6 heteroatoms. The Hall–Kier alpha value is -2.08. The number of hydrogen-bond acceptors (Lipinski definition) is 3. The molecule has 1 aliphatic heterocycles. The molecule has 1 heterocycles. The van der Waals surface area contributed by atoms with E-state index in [-0.39, 0.29) is 5.91 Å². The minimum absolute atomic E-state index is 0.0376. The number of nitrogens with one attached hydrogen (secondary N) is 2. The number of nitrogens with two attached hydrogens (primary N) is 1. The predicted molar refractivity (Wildman–Crippen MR) is 103 cm³/mol. The highest BCUT2D eigenvalue weighted by Crippen LogP contribution is 2.18. The van der Waals surface area contributed by atoms with Gasteiger partial charge in [0, 0.05) is 26.1 Å². The lowest BCUT2D eigenvalue weighted by Crippen LogP contribution is -2.32. The molecule has 26 heavy (non-hydrogen) atoms. The van der Waals surface area contributed by atoms with E-state index < -0.39 is 6.03 Å². The fraction of sp³-hybridized carbons (Fsp3) is 0.600. The first-order valence-corrected chi connectivity index (χ1v) is 9.63. The van der Waals surface area contributed by atoms with Gasteiger partial charge in [0.15, 0.2) is 0 Å². The maximum atomic E-state index is 11.8. The van der Waals surface area contributed by atoms with E-state index in [9.17, 15) is 9.59 Å². The van der Waals surface area contributed by atoms with Crippen molar-refractivity contribution in [2.24, 2.45) is 11.7 Å². The second kappa shape index (κ2) is 10.8. The quantitative estimate of drug-likeness (QED) is 0.591. The van der Waals surface area contributed by atoms with E-state index in [1.54, 1.807) is 0 Å². The fourth-order valence-corrected chi connectivity index (χ4v) is 3.15. The fourth-order valence-electron chi connectivity index (χ4n) is 3.15. The van der Waals surface area contributed by atoms with E-state index >= 15 is 0 Å². The Morgan fingerprint density at radius 3 is 2.38 bits per heavy atom. The smallest absolute Gasteiger partial charge is 0.312 e. The first kappa shape index (κ1) is 20.2. The van der Waals surface area contributed by atoms with Crippen molar-refractivity contribution in [3.05, 3.63) is 35.4 Å². The molecule has 144 valence electrons. The SMILES string of the molecule is CC1CCN(Cc2ccc(CNC(=O)CCCCNC(N)=O)cc2)CC1. The van der Waals surface area contributed by atoms with Crippen LogP contribution in [-0.2, 0) is 17.9 Å². The number of rotatable bonds is 9. The molecule has 6 nitrogen and oxygen atoms in total. The molecule has 4 N–H and O–H groups in total. The molecule has 1 aliphatic rings. The lowest BCUT2D eigenvalue weighted by Gasteiger charge is -2.30. The molecule has 3 amide bonds. The molecule has 0 aromatic heterocycles. The number of benzene rings is 1. The zero-order chi connectivity index (χ0) is 18.8. The van der Waals surface area contributed by atoms with Crippen molar-refractivity contribution < 1.29 is 9.59 Å². The number of amides is 3. The normalized spacial score (nSPS) is 15.6. The van der Waals surface area contributed by atoms with Crippen molar-refractivity contribution in [1.82, 2.24) is 15.5 Å². The van der Waals surface area contributed by atoms with Gasteiger partial charge in [-0.2, -0.15) is 0 Å². The van der Waals surface area contributed by atoms with Gasteiger partial charge in [0.2, 0.25) is 5.91 Å². The summed E-state index contributed by atoms with van der Waals surface area (Å²) >= 11 is 0. The standard InChI is InChI=1S/C20H32N4O2/c1-16-9-12-24(13-10-16)15-18-7-5-17(6-8-18)14-23-19(25)4-2-3-11-22-20(21)26/h5-8,16H,2-4,9-15H2,1H3,(H,23,25)(H3,21,22,26). The molecule has 1 aromatic carbocycles. The van der Waals surface area contributed by atoms with Crippen LogP contribution in [0, 0.1) is 5.92 Å². The van der Waals surface area contributed by atoms with Crippen molar-refractivity contribution >= 4 is 11.9 Å². The Kier molecular flexibility index (Phi) is 8.41. The van der Waals surface area contributed by atoms with Crippen LogP contribution in [0.5, 0.6) is 0 Å². The summed E-state index contributed by atoms with van der Waals surface area (Å²) in [6.07, 6.45) is 4.54. The van der Waals surface area contributed by atoms with Gasteiger partial charge in [-0.15, -0.1) is 0 Å². The van der Waals surface area contributed by atoms with Crippen molar-refractivity contribution in [3.63, 3.8) is 0 Å². The van der Waals surface area contributed by atoms with Gasteiger partial charge in [-0.1, -0.05) is 31.2 Å². The number of piperidine rings is 1. The lowest BCUT2D eigenvalue weighted by molar-refractivity contribution is -0.121. The molecule has 0 bridgehead atoms. The number of unbranched alkanes of at least 4 members (excludes halogenated alkanes) is 1. The van der Waals surface area contributed by atoms with Gasteiger partial charge in [0.1, 0.15) is 0 Å². The molecule has 0 spiro atoms. The molecule has 0 aliphatic carbocycles. The van der Waals surface area contributed by atoms with Gasteiger partial charge in [-0.25, -0.2) is 4.79 Å². The van der Waals surface area contributed by atoms with Crippen LogP contribution in [0.2, 0.25) is 0 Å². The molecular formula is C20H32N4O2. The number of nitrogens with zero attached hydrogens (tertiary/aromatic N) is 1. The average Bonchev–Trinajstić information content (AvgIpc) is 2.62. The summed E-state index contributed by atoms with van der Waals surface area (Å²) in [5.74, 6) is 0.896. The van der Waals surface area contributed by atoms with Crippen molar-refractivity contribution in [1.29, 1.82) is 0 Å². The highest BCUT2D eigenvalue weighted by atomic mass is 16.2. The van der Waals surface area contributed by atoms with Crippen LogP contribution in [-0.4, -0.2) is 36.5 Å². The second-order valence-corrected chi connectivity index (χ2v) is 7.30. The summed E-state index contributed by atoms with van der Waals surface area (Å²) in [5, 5.41) is 5.46. The molecule has 1 aromatic rings. The van der Waals surface area contributed by atoms with Gasteiger partial charge in [-0.05, 0) is 55.8 Å². The number of primary amides is 1. The minimum Gasteiger partial charge on any atom is -0.352 e. The molecule has 0 radical (unpaired) electrons. The first-order valence-electron chi connectivity index (χ1n) is 9.63. The lowest BCUT2D eigenvalue weighted by atomic mass is 9.99. The van der Waals surface area contributed by atoms with E-state index in [1.165, 1.54) is 31.5 Å². The van der Waals surface area contributed by atoms with Crippen LogP contribution in [0.15, 0.2) is 24.3 Å². The average molecular weight is 361 g/mol. The van der Waals surface area contributed by atoms with Crippen molar-refractivity contribution in [2.75, 3.05) is 19.6 Å². The Bertz CT molecular complexity index is 566. The van der Waals surface area contributed by atoms with Crippen LogP contribution in [0.3, 0.4) is 0 Å². The van der Waals surface area contributed by atoms with Crippen LogP contribution in [0.1, 0.15) is 50.2 Å². The summed E-state index contributed by atoms with van der Waals surface area (Å²) in [5.41, 5.74) is 7.43. The van der Waals surface area contributed by atoms with Crippen LogP contribution < -0.4 is 16.4 Å². The summed E-state index contributed by atoms with van der Waals surface area (Å²) in [6, 6.07) is 8.00. The topological polar surface area (TPSA) is 87.5 Å². The van der Waals surface area contributed by atoms with Gasteiger partial charge in [0.05, 0.1) is 0 Å². The maximum absolute atomic E-state index is 11.8. The molecule has 0 saturated carbocycles. The Morgan fingerprint density at radius 2 is 1.73 bits per heavy atom. The monoisotopic (exact) mass is 360 g/mol. The van der Waals surface area contributed by atoms with Crippen LogP contribution in [0.4, 0.5) is 4.79 Å². The minimum atomic E-state index is -0.521. The van der Waals surface area contributed by atoms with E-state index in [4.69, 9.17) is 5.73 Å². The van der Waals surface area contributed by atoms with E-state index in [2.05, 4.69) is 46.7 Å². The Labute approximate surface area is 156 Å². The zero-order valence-corrected chi connectivity index (χ0v) is 15.8. The molecule has 1 fully saturated rings. The maximum Gasteiger partial charge on any atom is 0.312 e. The highest BCUT2D eigenvalue weighted by molar-refractivity contribution is 5.75. The van der Waals surface area contributed by atoms with Crippen molar-refractivity contribution in [3.8, 4) is 0 Å². The predicted octanol–water partition coefficient (Wildman–Crippen LogP) is 2.37. The third-order valence-corrected chi connectivity index (χ3v) is 4.92. The number of urea groups is 1. The number of hydrogen-bond donors (Lipinski definition) is 3. The molecule has 0 atom stereocenters. The highest BCUT2D eigenvalue weighted by Gasteiger charge is 2.15. The molecular weight excluding hydrogens is 328 g/mol.